The number of aromatic nitrogens is 2. The highest BCUT2D eigenvalue weighted by Gasteiger charge is 2.14. The second kappa shape index (κ2) is 7.09. The average molecular weight is 373 g/mol. The van der Waals surface area contributed by atoms with Crippen LogP contribution in [0.5, 0.6) is 11.8 Å². The molecule has 0 fully saturated rings. The Balaban J connectivity index is 1.82. The molecule has 0 saturated heterocycles. The summed E-state index contributed by atoms with van der Waals surface area (Å²) in [7, 11) is -3.84. The normalized spacial score (nSPS) is 11.2. The molecular formula is C18H16FN3O3S. The van der Waals surface area contributed by atoms with Crippen molar-refractivity contribution >= 4 is 15.7 Å². The van der Waals surface area contributed by atoms with Crippen molar-refractivity contribution in [1.29, 1.82) is 0 Å². The van der Waals surface area contributed by atoms with Crippen LogP contribution in [0.25, 0.3) is 0 Å². The van der Waals surface area contributed by atoms with E-state index >= 15 is 0 Å². The smallest absolute Gasteiger partial charge is 0.322 e. The zero-order chi connectivity index (χ0) is 18.7. The van der Waals surface area contributed by atoms with Crippen molar-refractivity contribution < 1.29 is 17.5 Å². The van der Waals surface area contributed by atoms with Crippen LogP contribution in [0, 0.1) is 19.7 Å². The van der Waals surface area contributed by atoms with Crippen molar-refractivity contribution in [2.24, 2.45) is 0 Å². The molecule has 0 amide bonds. The molecule has 0 spiro atoms. The Morgan fingerprint density at radius 2 is 1.62 bits per heavy atom. The lowest BCUT2D eigenvalue weighted by atomic mass is 10.3. The molecule has 3 rings (SSSR count). The second-order valence-corrected chi connectivity index (χ2v) is 7.30. The summed E-state index contributed by atoms with van der Waals surface area (Å²) in [6.07, 6.45) is 0. The third kappa shape index (κ3) is 4.34. The quantitative estimate of drug-likeness (QED) is 0.735. The van der Waals surface area contributed by atoms with E-state index in [0.29, 0.717) is 11.4 Å². The minimum absolute atomic E-state index is 0.0390. The van der Waals surface area contributed by atoms with Gasteiger partial charge in [0.2, 0.25) is 0 Å². The Labute approximate surface area is 150 Å². The number of hydrogen-bond acceptors (Lipinski definition) is 5. The maximum absolute atomic E-state index is 13.0. The van der Waals surface area contributed by atoms with Crippen LogP contribution in [-0.4, -0.2) is 18.4 Å². The predicted molar refractivity (Wildman–Crippen MR) is 95.2 cm³/mol. The van der Waals surface area contributed by atoms with Gasteiger partial charge < -0.3 is 4.74 Å². The van der Waals surface area contributed by atoms with Gasteiger partial charge in [-0.15, -0.1) is 0 Å². The monoisotopic (exact) mass is 373 g/mol. The Morgan fingerprint density at radius 3 is 2.27 bits per heavy atom. The Hall–Kier alpha value is -3.00. The van der Waals surface area contributed by atoms with Crippen LogP contribution >= 0.6 is 0 Å². The highest BCUT2D eigenvalue weighted by Crippen LogP contribution is 2.24. The standard InChI is InChI=1S/C18H16FN3O3S/c1-12-10-13(2)21-18(20-12)25-16-5-3-4-15(11-16)22-26(23,24)17-8-6-14(19)7-9-17/h3-11,22H,1-2H3. The number of rotatable bonds is 5. The lowest BCUT2D eigenvalue weighted by molar-refractivity contribution is 0.439. The number of benzene rings is 2. The Bertz CT molecular complexity index is 1020. The van der Waals surface area contributed by atoms with Gasteiger partial charge in [0.15, 0.2) is 0 Å². The molecule has 1 N–H and O–H groups in total. The average Bonchev–Trinajstić information content (AvgIpc) is 2.54. The van der Waals surface area contributed by atoms with E-state index in [4.69, 9.17) is 4.74 Å². The summed E-state index contributed by atoms with van der Waals surface area (Å²) in [4.78, 5) is 8.32. The van der Waals surface area contributed by atoms with E-state index in [1.165, 1.54) is 18.2 Å². The van der Waals surface area contributed by atoms with Gasteiger partial charge in [-0.2, -0.15) is 0 Å². The van der Waals surface area contributed by atoms with Gasteiger partial charge in [-0.25, -0.2) is 22.8 Å². The van der Waals surface area contributed by atoms with Gasteiger partial charge in [-0.1, -0.05) is 6.07 Å². The zero-order valence-electron chi connectivity index (χ0n) is 14.1. The zero-order valence-corrected chi connectivity index (χ0v) is 14.9. The SMILES string of the molecule is Cc1cc(C)nc(Oc2cccc(NS(=O)(=O)c3ccc(F)cc3)c2)n1. The second-order valence-electron chi connectivity index (χ2n) is 5.62. The van der Waals surface area contributed by atoms with E-state index < -0.39 is 15.8 Å². The van der Waals surface area contributed by atoms with Crippen LogP contribution in [0.15, 0.2) is 59.5 Å². The predicted octanol–water partition coefficient (Wildman–Crippen LogP) is 3.83. The third-order valence-corrected chi connectivity index (χ3v) is 4.78. The number of sulfonamides is 1. The maximum atomic E-state index is 13.0. The first kappa shape index (κ1) is 17.8. The van der Waals surface area contributed by atoms with Crippen LogP contribution in [0.3, 0.4) is 0 Å². The summed E-state index contributed by atoms with van der Waals surface area (Å²) in [5.41, 5.74) is 1.83. The number of halogens is 1. The summed E-state index contributed by atoms with van der Waals surface area (Å²) in [6, 6.07) is 13.0. The summed E-state index contributed by atoms with van der Waals surface area (Å²) >= 11 is 0. The van der Waals surface area contributed by atoms with Gasteiger partial charge in [0.25, 0.3) is 10.0 Å². The molecule has 0 bridgehead atoms. The number of nitrogens with zero attached hydrogens (tertiary/aromatic N) is 2. The third-order valence-electron chi connectivity index (χ3n) is 3.38. The van der Waals surface area contributed by atoms with Crippen molar-refractivity contribution in [3.8, 4) is 11.8 Å². The van der Waals surface area contributed by atoms with Gasteiger partial charge in [0, 0.05) is 17.5 Å². The van der Waals surface area contributed by atoms with E-state index in [0.717, 1.165) is 23.5 Å². The molecule has 8 heteroatoms. The molecule has 0 aliphatic rings. The molecule has 6 nitrogen and oxygen atoms in total. The van der Waals surface area contributed by atoms with Gasteiger partial charge in [0.05, 0.1) is 10.6 Å². The summed E-state index contributed by atoms with van der Waals surface area (Å²) in [5.74, 6) is -0.123. The van der Waals surface area contributed by atoms with Crippen molar-refractivity contribution in [2.45, 2.75) is 18.7 Å². The van der Waals surface area contributed by atoms with E-state index in [1.54, 1.807) is 18.2 Å². The summed E-state index contributed by atoms with van der Waals surface area (Å²) < 4.78 is 45.8. The minimum Gasteiger partial charge on any atom is -0.424 e. The Morgan fingerprint density at radius 1 is 0.962 bits per heavy atom. The fourth-order valence-electron chi connectivity index (χ4n) is 2.30. The number of anilines is 1. The number of ether oxygens (including phenoxy) is 1. The molecular weight excluding hydrogens is 357 g/mol. The van der Waals surface area contributed by atoms with Crippen LogP contribution < -0.4 is 9.46 Å². The van der Waals surface area contributed by atoms with E-state index in [9.17, 15) is 12.8 Å². The topological polar surface area (TPSA) is 81.2 Å². The number of aryl methyl sites for hydroxylation is 2. The summed E-state index contributed by atoms with van der Waals surface area (Å²) in [6.45, 7) is 3.66. The Kier molecular flexibility index (Phi) is 4.85. The van der Waals surface area contributed by atoms with Gasteiger partial charge in [-0.05, 0) is 56.3 Å². The largest absolute Gasteiger partial charge is 0.424 e. The molecule has 1 heterocycles. The van der Waals surface area contributed by atoms with Crippen molar-refractivity contribution in [1.82, 2.24) is 9.97 Å². The first-order valence-corrected chi connectivity index (χ1v) is 9.19. The lowest BCUT2D eigenvalue weighted by Crippen LogP contribution is -2.12. The highest BCUT2D eigenvalue weighted by molar-refractivity contribution is 7.92. The molecule has 0 aliphatic carbocycles. The van der Waals surface area contributed by atoms with Crippen LogP contribution in [0.1, 0.15) is 11.4 Å². The molecule has 0 aliphatic heterocycles. The lowest BCUT2D eigenvalue weighted by Gasteiger charge is -2.10. The van der Waals surface area contributed by atoms with Gasteiger partial charge in [0.1, 0.15) is 11.6 Å². The first-order chi connectivity index (χ1) is 12.3. The van der Waals surface area contributed by atoms with Crippen LogP contribution in [0.4, 0.5) is 10.1 Å². The molecule has 0 atom stereocenters. The van der Waals surface area contributed by atoms with Crippen molar-refractivity contribution in [2.75, 3.05) is 4.72 Å². The highest BCUT2D eigenvalue weighted by atomic mass is 32.2. The molecule has 134 valence electrons. The fraction of sp³-hybridized carbons (Fsp3) is 0.111. The van der Waals surface area contributed by atoms with Crippen LogP contribution in [0.2, 0.25) is 0 Å². The molecule has 0 unspecified atom stereocenters. The fourth-order valence-corrected chi connectivity index (χ4v) is 3.35. The van der Waals surface area contributed by atoms with E-state index in [-0.39, 0.29) is 10.9 Å². The van der Waals surface area contributed by atoms with Gasteiger partial charge in [-0.3, -0.25) is 4.72 Å². The molecule has 0 saturated carbocycles. The van der Waals surface area contributed by atoms with Crippen molar-refractivity contribution in [3.05, 3.63) is 71.8 Å². The van der Waals surface area contributed by atoms with E-state index in [2.05, 4.69) is 14.7 Å². The van der Waals surface area contributed by atoms with Gasteiger partial charge >= 0.3 is 6.01 Å². The minimum atomic E-state index is -3.84. The van der Waals surface area contributed by atoms with Crippen molar-refractivity contribution in [3.63, 3.8) is 0 Å². The molecule has 0 radical (unpaired) electrons. The van der Waals surface area contributed by atoms with E-state index in [1.807, 2.05) is 19.9 Å². The molecule has 2 aromatic carbocycles. The summed E-state index contributed by atoms with van der Waals surface area (Å²) in [5, 5.41) is 0. The molecule has 3 aromatic rings. The molecule has 26 heavy (non-hydrogen) atoms. The molecule has 1 aromatic heterocycles. The van der Waals surface area contributed by atoms with Crippen LogP contribution in [-0.2, 0) is 10.0 Å². The first-order valence-electron chi connectivity index (χ1n) is 7.70. The number of nitrogens with one attached hydrogen (secondary N) is 1. The maximum Gasteiger partial charge on any atom is 0.322 e. The number of hydrogen-bond donors (Lipinski definition) is 1.